The molecule has 26 heavy (non-hydrogen) atoms. The van der Waals surface area contributed by atoms with Gasteiger partial charge in [-0.05, 0) is 43.0 Å². The third-order valence-electron chi connectivity index (χ3n) is 4.22. The number of phenols is 3. The molecule has 0 fully saturated rings. The van der Waals surface area contributed by atoms with E-state index in [-0.39, 0.29) is 22.5 Å². The van der Waals surface area contributed by atoms with Gasteiger partial charge in [0, 0.05) is 5.56 Å². The van der Waals surface area contributed by atoms with Crippen molar-refractivity contribution in [3.05, 3.63) is 47.0 Å². The zero-order valence-electron chi connectivity index (χ0n) is 15.5. The molecule has 6 nitrogen and oxygen atoms in total. The Kier molecular flexibility index (Phi) is 4.82. The van der Waals surface area contributed by atoms with Crippen molar-refractivity contribution in [2.75, 3.05) is 0 Å². The van der Waals surface area contributed by atoms with E-state index in [4.69, 9.17) is 9.84 Å². The van der Waals surface area contributed by atoms with Crippen LogP contribution in [0.4, 0.5) is 0 Å². The zero-order chi connectivity index (χ0) is 19.9. The lowest BCUT2D eigenvalue weighted by molar-refractivity contribution is 0.0691. The van der Waals surface area contributed by atoms with E-state index in [0.717, 1.165) is 5.56 Å². The Balaban J connectivity index is 2.41. The Morgan fingerprint density at radius 1 is 0.923 bits per heavy atom. The number of rotatable bonds is 4. The van der Waals surface area contributed by atoms with E-state index in [1.165, 1.54) is 12.1 Å². The molecule has 0 aliphatic carbocycles. The molecular formula is C20H24O6. The van der Waals surface area contributed by atoms with Gasteiger partial charge in [0.2, 0.25) is 0 Å². The van der Waals surface area contributed by atoms with Gasteiger partial charge >= 0.3 is 5.97 Å². The van der Waals surface area contributed by atoms with Gasteiger partial charge in [0.05, 0.1) is 0 Å². The Morgan fingerprint density at radius 2 is 1.54 bits per heavy atom. The van der Waals surface area contributed by atoms with Crippen LogP contribution in [0.25, 0.3) is 0 Å². The molecule has 0 unspecified atom stereocenters. The lowest BCUT2D eigenvalue weighted by Gasteiger charge is -2.29. The van der Waals surface area contributed by atoms with Crippen LogP contribution in [0.1, 0.15) is 56.1 Å². The predicted molar refractivity (Wildman–Crippen MR) is 97.2 cm³/mol. The molecule has 2 aromatic rings. The van der Waals surface area contributed by atoms with Crippen LogP contribution in [-0.2, 0) is 11.0 Å². The Hall–Kier alpha value is -2.89. The average Bonchev–Trinajstić information content (AvgIpc) is 2.50. The van der Waals surface area contributed by atoms with Crippen molar-refractivity contribution in [2.24, 2.45) is 0 Å². The van der Waals surface area contributed by atoms with Crippen molar-refractivity contribution in [1.29, 1.82) is 0 Å². The number of carbonyl (C=O) groups is 1. The molecule has 0 aliphatic heterocycles. The van der Waals surface area contributed by atoms with Crippen LogP contribution in [0.15, 0.2) is 30.3 Å². The number of benzene rings is 2. The molecule has 2 aromatic carbocycles. The predicted octanol–water partition coefficient (Wildman–Crippen LogP) is 4.11. The summed E-state index contributed by atoms with van der Waals surface area (Å²) in [6.45, 7) is 9.35. The van der Waals surface area contributed by atoms with Crippen molar-refractivity contribution in [2.45, 2.75) is 45.6 Å². The fourth-order valence-corrected chi connectivity index (χ4v) is 2.64. The Bertz CT molecular complexity index is 846. The number of hydrogen-bond donors (Lipinski definition) is 4. The second-order valence-corrected chi connectivity index (χ2v) is 7.71. The molecule has 2 rings (SSSR count). The van der Waals surface area contributed by atoms with E-state index >= 15 is 0 Å². The molecule has 0 heterocycles. The largest absolute Gasteiger partial charge is 0.504 e. The van der Waals surface area contributed by atoms with Crippen LogP contribution in [-0.4, -0.2) is 26.4 Å². The van der Waals surface area contributed by atoms with Crippen LogP contribution in [0.3, 0.4) is 0 Å². The van der Waals surface area contributed by atoms with Crippen molar-refractivity contribution in [3.8, 4) is 23.0 Å². The lowest BCUT2D eigenvalue weighted by atomic mass is 9.87. The minimum atomic E-state index is -1.35. The maximum absolute atomic E-state index is 11.0. The van der Waals surface area contributed by atoms with E-state index in [9.17, 15) is 20.1 Å². The Morgan fingerprint density at radius 3 is 2.04 bits per heavy atom. The second-order valence-electron chi connectivity index (χ2n) is 7.71. The van der Waals surface area contributed by atoms with Gasteiger partial charge in [0.25, 0.3) is 0 Å². The molecule has 140 valence electrons. The van der Waals surface area contributed by atoms with Gasteiger partial charge in [-0.1, -0.05) is 32.9 Å². The normalized spacial score (nSPS) is 12.0. The minimum Gasteiger partial charge on any atom is -0.504 e. The first-order valence-corrected chi connectivity index (χ1v) is 8.16. The fraction of sp³-hybridized carbons (Fsp3) is 0.350. The smallest absolute Gasteiger partial charge is 0.339 e. The van der Waals surface area contributed by atoms with Crippen molar-refractivity contribution in [3.63, 3.8) is 0 Å². The van der Waals surface area contributed by atoms with E-state index in [1.54, 1.807) is 26.0 Å². The van der Waals surface area contributed by atoms with Gasteiger partial charge in [-0.2, -0.15) is 0 Å². The summed E-state index contributed by atoms with van der Waals surface area (Å²) < 4.78 is 5.85. The summed E-state index contributed by atoms with van der Waals surface area (Å²) in [5.74, 6) is -2.47. The highest BCUT2D eigenvalue weighted by atomic mass is 16.5. The van der Waals surface area contributed by atoms with Crippen molar-refractivity contribution >= 4 is 5.97 Å². The highest BCUT2D eigenvalue weighted by Gasteiger charge is 2.30. The monoisotopic (exact) mass is 360 g/mol. The third kappa shape index (κ3) is 3.69. The van der Waals surface area contributed by atoms with Gasteiger partial charge in [0.1, 0.15) is 11.2 Å². The molecule has 0 amide bonds. The molecule has 0 spiro atoms. The SMILES string of the molecule is CC(C)(C)c1ccc(OC(C)(C)c2ccc(C(=O)O)c(O)c2O)c(O)c1. The quantitative estimate of drug-likeness (QED) is 0.611. The molecule has 4 N–H and O–H groups in total. The number of aromatic carboxylic acids is 1. The lowest BCUT2D eigenvalue weighted by Crippen LogP contribution is -2.25. The second kappa shape index (κ2) is 6.44. The summed E-state index contributed by atoms with van der Waals surface area (Å²) in [5, 5.41) is 39.4. The summed E-state index contributed by atoms with van der Waals surface area (Å²) in [6.07, 6.45) is 0. The minimum absolute atomic E-state index is 0.0450. The molecule has 0 aromatic heterocycles. The molecule has 0 saturated carbocycles. The number of carboxylic acids is 1. The molecular weight excluding hydrogens is 336 g/mol. The van der Waals surface area contributed by atoms with Crippen LogP contribution in [0.2, 0.25) is 0 Å². The molecule has 0 aliphatic rings. The third-order valence-corrected chi connectivity index (χ3v) is 4.22. The number of aromatic hydroxyl groups is 3. The molecule has 0 atom stereocenters. The summed E-state index contributed by atoms with van der Waals surface area (Å²) in [5.41, 5.74) is -0.549. The Labute approximate surface area is 152 Å². The van der Waals surface area contributed by atoms with Crippen molar-refractivity contribution < 1.29 is 30.0 Å². The summed E-state index contributed by atoms with van der Waals surface area (Å²) in [7, 11) is 0. The van der Waals surface area contributed by atoms with Crippen LogP contribution >= 0.6 is 0 Å². The van der Waals surface area contributed by atoms with E-state index in [1.807, 2.05) is 26.8 Å². The van der Waals surface area contributed by atoms with Gasteiger partial charge in [-0.3, -0.25) is 0 Å². The first-order valence-electron chi connectivity index (χ1n) is 8.16. The summed E-state index contributed by atoms with van der Waals surface area (Å²) >= 11 is 0. The van der Waals surface area contributed by atoms with Gasteiger partial charge in [-0.15, -0.1) is 0 Å². The van der Waals surface area contributed by atoms with Crippen molar-refractivity contribution in [1.82, 2.24) is 0 Å². The van der Waals surface area contributed by atoms with E-state index in [0.29, 0.717) is 0 Å². The van der Waals surface area contributed by atoms with Crippen LogP contribution in [0, 0.1) is 0 Å². The number of hydrogen-bond acceptors (Lipinski definition) is 5. The van der Waals surface area contributed by atoms with Gasteiger partial charge < -0.3 is 25.2 Å². The van der Waals surface area contributed by atoms with Gasteiger partial charge in [0.15, 0.2) is 23.0 Å². The molecule has 0 radical (unpaired) electrons. The maximum Gasteiger partial charge on any atom is 0.339 e. The maximum atomic E-state index is 11.0. The zero-order valence-corrected chi connectivity index (χ0v) is 15.5. The van der Waals surface area contributed by atoms with E-state index in [2.05, 4.69) is 0 Å². The first kappa shape index (κ1) is 19.4. The number of ether oxygens (including phenoxy) is 1. The fourth-order valence-electron chi connectivity index (χ4n) is 2.64. The number of carboxylic acid groups (broad SMARTS) is 1. The topological polar surface area (TPSA) is 107 Å². The standard InChI is InChI=1S/C20H24O6/c1-19(2,3)11-6-9-15(14(21)10-11)26-20(4,5)13-8-7-12(18(24)25)16(22)17(13)23/h6-10,21-23H,1-5H3,(H,24,25). The molecule has 6 heteroatoms. The highest BCUT2D eigenvalue weighted by Crippen LogP contribution is 2.42. The average molecular weight is 360 g/mol. The van der Waals surface area contributed by atoms with Crippen LogP contribution in [0.5, 0.6) is 23.0 Å². The van der Waals surface area contributed by atoms with E-state index < -0.39 is 28.6 Å². The van der Waals surface area contributed by atoms with Gasteiger partial charge in [-0.25, -0.2) is 4.79 Å². The summed E-state index contributed by atoms with van der Waals surface area (Å²) in [4.78, 5) is 11.0. The first-order chi connectivity index (χ1) is 11.8. The molecule has 0 bridgehead atoms. The highest BCUT2D eigenvalue weighted by molar-refractivity contribution is 5.92. The molecule has 0 saturated heterocycles. The van der Waals surface area contributed by atoms with Crippen LogP contribution < -0.4 is 4.74 Å². The summed E-state index contributed by atoms with van der Waals surface area (Å²) in [6, 6.07) is 7.67. The number of phenolic OH excluding ortho intramolecular Hbond substituents is 2.